The second-order valence-corrected chi connectivity index (χ2v) is 5.96. The summed E-state index contributed by atoms with van der Waals surface area (Å²) < 4.78 is 5.04. The molecule has 2 amide bonds. The van der Waals surface area contributed by atoms with Gasteiger partial charge in [0, 0.05) is 0 Å². The standard InChI is InChI=1S/C20H19NO4/c1-3-25-18(22)12-17(14-10-8-13(2)9-11-14)21-19(23)15-6-4-5-7-16(15)20(21)24/h4-11,17H,3,12H2,1-2H3. The number of fused-ring (bicyclic) bond motifs is 1. The van der Waals surface area contributed by atoms with Crippen molar-refractivity contribution in [1.82, 2.24) is 4.90 Å². The van der Waals surface area contributed by atoms with E-state index in [1.165, 1.54) is 4.90 Å². The van der Waals surface area contributed by atoms with Crippen molar-refractivity contribution in [1.29, 1.82) is 0 Å². The molecule has 1 heterocycles. The SMILES string of the molecule is CCOC(=O)CC(c1ccc(C)cc1)N1C(=O)c2ccccc2C1=O. The molecular formula is C20H19NO4. The fourth-order valence-corrected chi connectivity index (χ4v) is 3.02. The highest BCUT2D eigenvalue weighted by atomic mass is 16.5. The minimum Gasteiger partial charge on any atom is -0.466 e. The Kier molecular flexibility index (Phi) is 4.65. The van der Waals surface area contributed by atoms with Crippen LogP contribution in [-0.4, -0.2) is 29.3 Å². The van der Waals surface area contributed by atoms with Crippen molar-refractivity contribution in [3.8, 4) is 0 Å². The van der Waals surface area contributed by atoms with E-state index in [-0.39, 0.29) is 24.8 Å². The van der Waals surface area contributed by atoms with Gasteiger partial charge in [0.1, 0.15) is 0 Å². The molecule has 2 aromatic carbocycles. The normalized spacial score (nSPS) is 14.4. The lowest BCUT2D eigenvalue weighted by atomic mass is 10.0. The Morgan fingerprint density at radius 2 is 1.56 bits per heavy atom. The smallest absolute Gasteiger partial charge is 0.308 e. The zero-order valence-electron chi connectivity index (χ0n) is 14.2. The van der Waals surface area contributed by atoms with E-state index in [9.17, 15) is 14.4 Å². The number of hydrogen-bond acceptors (Lipinski definition) is 4. The first kappa shape index (κ1) is 16.9. The van der Waals surface area contributed by atoms with Crippen LogP contribution in [-0.2, 0) is 9.53 Å². The van der Waals surface area contributed by atoms with Gasteiger partial charge in [0.2, 0.25) is 0 Å². The second-order valence-electron chi connectivity index (χ2n) is 5.96. The van der Waals surface area contributed by atoms with Gasteiger partial charge in [0.15, 0.2) is 0 Å². The quantitative estimate of drug-likeness (QED) is 0.620. The fourth-order valence-electron chi connectivity index (χ4n) is 3.02. The summed E-state index contributed by atoms with van der Waals surface area (Å²) in [7, 11) is 0. The third-order valence-electron chi connectivity index (χ3n) is 4.26. The second kappa shape index (κ2) is 6.89. The number of hydrogen-bond donors (Lipinski definition) is 0. The molecule has 0 radical (unpaired) electrons. The maximum atomic E-state index is 12.8. The van der Waals surface area contributed by atoms with Gasteiger partial charge in [-0.05, 0) is 31.5 Å². The number of ether oxygens (including phenoxy) is 1. The molecule has 0 N–H and O–H groups in total. The van der Waals surface area contributed by atoms with Gasteiger partial charge in [-0.1, -0.05) is 42.0 Å². The first-order chi connectivity index (χ1) is 12.0. The molecule has 0 spiro atoms. The highest BCUT2D eigenvalue weighted by molar-refractivity contribution is 6.21. The van der Waals surface area contributed by atoms with Gasteiger partial charge in [-0.2, -0.15) is 0 Å². The number of benzene rings is 2. The minimum atomic E-state index is -0.688. The molecule has 2 aromatic rings. The van der Waals surface area contributed by atoms with Gasteiger partial charge in [-0.3, -0.25) is 19.3 Å². The largest absolute Gasteiger partial charge is 0.466 e. The van der Waals surface area contributed by atoms with Crippen molar-refractivity contribution in [2.45, 2.75) is 26.3 Å². The summed E-state index contributed by atoms with van der Waals surface area (Å²) in [6.07, 6.45) is -0.0671. The fraction of sp³-hybridized carbons (Fsp3) is 0.250. The highest BCUT2D eigenvalue weighted by Crippen LogP contribution is 2.33. The van der Waals surface area contributed by atoms with E-state index in [2.05, 4.69) is 0 Å². The van der Waals surface area contributed by atoms with Gasteiger partial charge in [-0.15, -0.1) is 0 Å². The monoisotopic (exact) mass is 337 g/mol. The van der Waals surface area contributed by atoms with Gasteiger partial charge >= 0.3 is 5.97 Å². The average Bonchev–Trinajstić information content (AvgIpc) is 2.86. The highest BCUT2D eigenvalue weighted by Gasteiger charge is 2.41. The summed E-state index contributed by atoms with van der Waals surface area (Å²) in [6.45, 7) is 3.93. The van der Waals surface area contributed by atoms with Crippen molar-refractivity contribution < 1.29 is 19.1 Å². The minimum absolute atomic E-state index is 0.0671. The number of carbonyl (C=O) groups is 3. The van der Waals surface area contributed by atoms with E-state index in [1.807, 2.05) is 31.2 Å². The third kappa shape index (κ3) is 3.18. The number of nitrogens with zero attached hydrogens (tertiary/aromatic N) is 1. The van der Waals surface area contributed by atoms with Crippen LogP contribution >= 0.6 is 0 Å². The first-order valence-corrected chi connectivity index (χ1v) is 8.22. The van der Waals surface area contributed by atoms with Crippen LogP contribution < -0.4 is 0 Å². The zero-order chi connectivity index (χ0) is 18.0. The maximum absolute atomic E-state index is 12.8. The van der Waals surface area contributed by atoms with Crippen molar-refractivity contribution in [2.75, 3.05) is 6.61 Å². The Morgan fingerprint density at radius 1 is 1.00 bits per heavy atom. The molecule has 0 saturated carbocycles. The summed E-state index contributed by atoms with van der Waals surface area (Å²) in [5, 5.41) is 0. The van der Waals surface area contributed by atoms with Gasteiger partial charge in [-0.25, -0.2) is 0 Å². The molecule has 25 heavy (non-hydrogen) atoms. The van der Waals surface area contributed by atoms with E-state index in [4.69, 9.17) is 4.74 Å². The van der Waals surface area contributed by atoms with Gasteiger partial charge in [0.05, 0.1) is 30.2 Å². The van der Waals surface area contributed by atoms with Crippen LogP contribution in [0.2, 0.25) is 0 Å². The van der Waals surface area contributed by atoms with Crippen LogP contribution in [0.25, 0.3) is 0 Å². The topological polar surface area (TPSA) is 63.7 Å². The predicted molar refractivity (Wildman–Crippen MR) is 92.1 cm³/mol. The number of aryl methyl sites for hydroxylation is 1. The molecule has 5 nitrogen and oxygen atoms in total. The van der Waals surface area contributed by atoms with Gasteiger partial charge in [0.25, 0.3) is 11.8 Å². The molecule has 1 aliphatic heterocycles. The van der Waals surface area contributed by atoms with E-state index in [1.54, 1.807) is 31.2 Å². The lowest BCUT2D eigenvalue weighted by Crippen LogP contribution is -2.35. The van der Waals surface area contributed by atoms with Crippen LogP contribution in [0, 0.1) is 6.92 Å². The average molecular weight is 337 g/mol. The van der Waals surface area contributed by atoms with Crippen LogP contribution in [0.4, 0.5) is 0 Å². The van der Waals surface area contributed by atoms with Gasteiger partial charge < -0.3 is 4.74 Å². The summed E-state index contributed by atoms with van der Waals surface area (Å²) in [5.41, 5.74) is 2.52. The van der Waals surface area contributed by atoms with Crippen molar-refractivity contribution in [2.24, 2.45) is 0 Å². The number of rotatable bonds is 5. The van der Waals surface area contributed by atoms with E-state index in [0.29, 0.717) is 11.1 Å². The molecular weight excluding hydrogens is 318 g/mol. The number of amides is 2. The Labute approximate surface area is 146 Å². The number of carbonyl (C=O) groups excluding carboxylic acids is 3. The molecule has 0 aromatic heterocycles. The van der Waals surface area contributed by atoms with E-state index < -0.39 is 12.0 Å². The molecule has 128 valence electrons. The van der Waals surface area contributed by atoms with E-state index in [0.717, 1.165) is 11.1 Å². The van der Waals surface area contributed by atoms with Crippen LogP contribution in [0.1, 0.15) is 51.2 Å². The van der Waals surface area contributed by atoms with Crippen molar-refractivity contribution in [3.63, 3.8) is 0 Å². The van der Waals surface area contributed by atoms with Crippen LogP contribution in [0.15, 0.2) is 48.5 Å². The van der Waals surface area contributed by atoms with Crippen LogP contribution in [0.3, 0.4) is 0 Å². The molecule has 0 aliphatic carbocycles. The van der Waals surface area contributed by atoms with Crippen molar-refractivity contribution in [3.05, 3.63) is 70.8 Å². The molecule has 1 aliphatic rings. The molecule has 0 saturated heterocycles. The zero-order valence-corrected chi connectivity index (χ0v) is 14.2. The predicted octanol–water partition coefficient (Wildman–Crippen LogP) is 3.29. The number of imide groups is 1. The third-order valence-corrected chi connectivity index (χ3v) is 4.26. The number of esters is 1. The molecule has 3 rings (SSSR count). The van der Waals surface area contributed by atoms with E-state index >= 15 is 0 Å². The lowest BCUT2D eigenvalue weighted by molar-refractivity contribution is -0.144. The Bertz CT molecular complexity index is 791. The lowest BCUT2D eigenvalue weighted by Gasteiger charge is -2.26. The Balaban J connectivity index is 2.00. The summed E-state index contributed by atoms with van der Waals surface area (Å²) in [5.74, 6) is -1.20. The Morgan fingerprint density at radius 3 is 2.08 bits per heavy atom. The summed E-state index contributed by atoms with van der Waals surface area (Å²) in [6, 6.07) is 13.5. The van der Waals surface area contributed by atoms with Crippen LogP contribution in [0.5, 0.6) is 0 Å². The summed E-state index contributed by atoms with van der Waals surface area (Å²) in [4.78, 5) is 38.8. The molecule has 1 unspecified atom stereocenters. The molecule has 1 atom stereocenters. The first-order valence-electron chi connectivity index (χ1n) is 8.22. The Hall–Kier alpha value is -2.95. The van der Waals surface area contributed by atoms with Crippen molar-refractivity contribution >= 4 is 17.8 Å². The maximum Gasteiger partial charge on any atom is 0.308 e. The molecule has 5 heteroatoms. The summed E-state index contributed by atoms with van der Waals surface area (Å²) >= 11 is 0. The molecule has 0 bridgehead atoms. The molecule has 0 fully saturated rings.